The lowest BCUT2D eigenvalue weighted by Gasteiger charge is -1.98. The third-order valence-electron chi connectivity index (χ3n) is 1.96. The zero-order chi connectivity index (χ0) is 12.0. The van der Waals surface area contributed by atoms with Crippen LogP contribution in [0.3, 0.4) is 0 Å². The highest BCUT2D eigenvalue weighted by atomic mass is 16.6. The minimum atomic E-state index is -0.423. The maximum Gasteiger partial charge on any atom is 0.272 e. The molecule has 0 heterocycles. The molecule has 0 bridgehead atoms. The van der Waals surface area contributed by atoms with Gasteiger partial charge in [0.15, 0.2) is 0 Å². The van der Waals surface area contributed by atoms with Gasteiger partial charge in [0, 0.05) is 17.2 Å². The van der Waals surface area contributed by atoms with E-state index in [1.165, 1.54) is 12.3 Å². The minimum Gasteiger partial charge on any atom is -0.394 e. The quantitative estimate of drug-likeness (QED) is 0.335. The topological polar surface area (TPSA) is 87.8 Å². The summed E-state index contributed by atoms with van der Waals surface area (Å²) >= 11 is 0. The molecule has 0 aliphatic rings. The first kappa shape index (κ1) is 12.1. The Labute approximate surface area is 92.8 Å². The fourth-order valence-corrected chi connectivity index (χ4v) is 1.14. The van der Waals surface area contributed by atoms with E-state index in [9.17, 15) is 10.1 Å². The normalized spacial score (nSPS) is 10.6. The number of nitro groups is 1. The predicted molar refractivity (Wildman–Crippen MR) is 60.5 cm³/mol. The van der Waals surface area contributed by atoms with Crippen molar-refractivity contribution >= 4 is 11.9 Å². The second kappa shape index (κ2) is 5.82. The number of aliphatic hydroxyl groups is 1. The van der Waals surface area contributed by atoms with Gasteiger partial charge in [0.2, 0.25) is 0 Å². The van der Waals surface area contributed by atoms with Crippen LogP contribution < -0.4 is 5.43 Å². The van der Waals surface area contributed by atoms with E-state index in [1.54, 1.807) is 19.1 Å². The zero-order valence-corrected chi connectivity index (χ0v) is 8.88. The molecule has 1 aromatic rings. The molecule has 86 valence electrons. The SMILES string of the molecule is Cc1ccc(C=NNCCO)cc1[N+](=O)[O-]. The number of nitrogens with zero attached hydrogens (tertiary/aromatic N) is 2. The van der Waals surface area contributed by atoms with Crippen LogP contribution >= 0.6 is 0 Å². The Balaban J connectivity index is 2.78. The van der Waals surface area contributed by atoms with Crippen molar-refractivity contribution in [1.29, 1.82) is 0 Å². The van der Waals surface area contributed by atoms with Gasteiger partial charge in [-0.3, -0.25) is 10.1 Å². The molecule has 0 amide bonds. The highest BCUT2D eigenvalue weighted by Crippen LogP contribution is 2.18. The fraction of sp³-hybridized carbons (Fsp3) is 0.300. The number of hydrogen-bond donors (Lipinski definition) is 2. The monoisotopic (exact) mass is 223 g/mol. The Morgan fingerprint density at radius 1 is 1.62 bits per heavy atom. The highest BCUT2D eigenvalue weighted by molar-refractivity contribution is 5.80. The molecule has 0 aromatic heterocycles. The van der Waals surface area contributed by atoms with Gasteiger partial charge < -0.3 is 10.5 Å². The number of nitrogens with one attached hydrogen (secondary N) is 1. The first-order chi connectivity index (χ1) is 7.65. The number of aliphatic hydroxyl groups excluding tert-OH is 1. The summed E-state index contributed by atoms with van der Waals surface area (Å²) < 4.78 is 0. The Hall–Kier alpha value is -1.95. The van der Waals surface area contributed by atoms with Crippen LogP contribution in [0.15, 0.2) is 23.3 Å². The summed E-state index contributed by atoms with van der Waals surface area (Å²) in [6.45, 7) is 2.03. The second-order valence-electron chi connectivity index (χ2n) is 3.19. The number of nitro benzene ring substituents is 1. The molecule has 0 atom stereocenters. The largest absolute Gasteiger partial charge is 0.394 e. The molecule has 0 unspecified atom stereocenters. The maximum absolute atomic E-state index is 10.7. The summed E-state index contributed by atoms with van der Waals surface area (Å²) in [5.41, 5.74) is 3.93. The Morgan fingerprint density at radius 2 is 2.38 bits per heavy atom. The Bertz CT molecular complexity index is 404. The molecule has 0 fully saturated rings. The number of benzene rings is 1. The van der Waals surface area contributed by atoms with Gasteiger partial charge in [-0.2, -0.15) is 5.10 Å². The lowest BCUT2D eigenvalue weighted by atomic mass is 10.1. The van der Waals surface area contributed by atoms with E-state index < -0.39 is 4.92 Å². The van der Waals surface area contributed by atoms with Gasteiger partial charge in [0.25, 0.3) is 5.69 Å². The summed E-state index contributed by atoms with van der Waals surface area (Å²) in [7, 11) is 0. The Morgan fingerprint density at radius 3 is 3.00 bits per heavy atom. The molecule has 0 spiro atoms. The van der Waals surface area contributed by atoms with Gasteiger partial charge >= 0.3 is 0 Å². The van der Waals surface area contributed by atoms with Crippen LogP contribution in [0, 0.1) is 17.0 Å². The van der Waals surface area contributed by atoms with E-state index in [4.69, 9.17) is 5.11 Å². The van der Waals surface area contributed by atoms with Gasteiger partial charge in [0.05, 0.1) is 24.3 Å². The van der Waals surface area contributed by atoms with E-state index in [2.05, 4.69) is 10.5 Å². The number of hydrogen-bond acceptors (Lipinski definition) is 5. The second-order valence-corrected chi connectivity index (χ2v) is 3.19. The molecule has 6 nitrogen and oxygen atoms in total. The predicted octanol–water partition coefficient (Wildman–Crippen LogP) is 0.819. The van der Waals surface area contributed by atoms with E-state index in [0.717, 1.165) is 0 Å². The van der Waals surface area contributed by atoms with Crippen molar-refractivity contribution in [2.75, 3.05) is 13.2 Å². The minimum absolute atomic E-state index is 0.00855. The number of aryl methyl sites for hydroxylation is 1. The molecule has 1 aromatic carbocycles. The molecule has 2 N–H and O–H groups in total. The van der Waals surface area contributed by atoms with Crippen LogP contribution in [0.1, 0.15) is 11.1 Å². The molecule has 6 heteroatoms. The lowest BCUT2D eigenvalue weighted by molar-refractivity contribution is -0.385. The van der Waals surface area contributed by atoms with Crippen molar-refractivity contribution in [1.82, 2.24) is 5.43 Å². The summed E-state index contributed by atoms with van der Waals surface area (Å²) in [6.07, 6.45) is 1.47. The molecule has 0 aliphatic carbocycles. The van der Waals surface area contributed by atoms with Gasteiger partial charge in [-0.1, -0.05) is 12.1 Å². The molecule has 0 radical (unpaired) electrons. The summed E-state index contributed by atoms with van der Waals surface area (Å²) in [6, 6.07) is 4.87. The zero-order valence-electron chi connectivity index (χ0n) is 8.88. The summed E-state index contributed by atoms with van der Waals surface area (Å²) in [5, 5.41) is 23.0. The van der Waals surface area contributed by atoms with Crippen LogP contribution in [-0.2, 0) is 0 Å². The Kier molecular flexibility index (Phi) is 4.41. The smallest absolute Gasteiger partial charge is 0.272 e. The van der Waals surface area contributed by atoms with E-state index in [0.29, 0.717) is 17.7 Å². The third kappa shape index (κ3) is 3.32. The summed E-state index contributed by atoms with van der Waals surface area (Å²) in [4.78, 5) is 10.2. The van der Waals surface area contributed by atoms with Crippen LogP contribution in [0.2, 0.25) is 0 Å². The molecule has 0 saturated carbocycles. The van der Waals surface area contributed by atoms with Crippen LogP contribution in [-0.4, -0.2) is 29.4 Å². The molecular formula is C10H13N3O3. The molecule has 16 heavy (non-hydrogen) atoms. The van der Waals surface area contributed by atoms with Crippen molar-refractivity contribution in [3.05, 3.63) is 39.4 Å². The maximum atomic E-state index is 10.7. The molecule has 0 saturated heterocycles. The first-order valence-corrected chi connectivity index (χ1v) is 4.77. The standard InChI is InChI=1S/C10H13N3O3/c1-8-2-3-9(6-10(8)13(15)16)7-12-11-4-5-14/h2-3,6-7,11,14H,4-5H2,1H3. The average molecular weight is 223 g/mol. The average Bonchev–Trinajstić information content (AvgIpc) is 2.26. The first-order valence-electron chi connectivity index (χ1n) is 4.77. The van der Waals surface area contributed by atoms with E-state index >= 15 is 0 Å². The van der Waals surface area contributed by atoms with Crippen molar-refractivity contribution in [2.24, 2.45) is 5.10 Å². The van der Waals surface area contributed by atoms with E-state index in [1.807, 2.05) is 0 Å². The van der Waals surface area contributed by atoms with Crippen LogP contribution in [0.5, 0.6) is 0 Å². The third-order valence-corrected chi connectivity index (χ3v) is 1.96. The lowest BCUT2D eigenvalue weighted by Crippen LogP contribution is -2.11. The fourth-order valence-electron chi connectivity index (χ4n) is 1.14. The van der Waals surface area contributed by atoms with E-state index in [-0.39, 0.29) is 12.3 Å². The molecule has 1 rings (SSSR count). The van der Waals surface area contributed by atoms with Crippen molar-refractivity contribution in [3.8, 4) is 0 Å². The van der Waals surface area contributed by atoms with Crippen molar-refractivity contribution < 1.29 is 10.0 Å². The molecule has 0 aliphatic heterocycles. The summed E-state index contributed by atoms with van der Waals surface area (Å²) in [5.74, 6) is 0. The van der Waals surface area contributed by atoms with Gasteiger partial charge in [-0.25, -0.2) is 0 Å². The van der Waals surface area contributed by atoms with Crippen molar-refractivity contribution in [3.63, 3.8) is 0 Å². The van der Waals surface area contributed by atoms with Gasteiger partial charge in [-0.05, 0) is 6.92 Å². The van der Waals surface area contributed by atoms with Gasteiger partial charge in [0.1, 0.15) is 0 Å². The molecular weight excluding hydrogens is 210 g/mol. The number of rotatable bonds is 5. The van der Waals surface area contributed by atoms with Gasteiger partial charge in [-0.15, -0.1) is 0 Å². The van der Waals surface area contributed by atoms with Crippen LogP contribution in [0.25, 0.3) is 0 Å². The number of hydrazone groups is 1. The highest BCUT2D eigenvalue weighted by Gasteiger charge is 2.09. The van der Waals surface area contributed by atoms with Crippen molar-refractivity contribution in [2.45, 2.75) is 6.92 Å². The van der Waals surface area contributed by atoms with Crippen LogP contribution in [0.4, 0.5) is 5.69 Å².